The summed E-state index contributed by atoms with van der Waals surface area (Å²) in [5.41, 5.74) is 1.35. The van der Waals surface area contributed by atoms with Crippen LogP contribution in [0.5, 0.6) is 0 Å². The first-order chi connectivity index (χ1) is 8.92. The van der Waals surface area contributed by atoms with Gasteiger partial charge in [0.05, 0.1) is 0 Å². The van der Waals surface area contributed by atoms with E-state index in [0.29, 0.717) is 0 Å². The Kier molecular flexibility index (Phi) is 3.90. The quantitative estimate of drug-likeness (QED) is 0.710. The van der Waals surface area contributed by atoms with Crippen molar-refractivity contribution >= 4 is 34.0 Å². The Labute approximate surface area is 119 Å². The van der Waals surface area contributed by atoms with Crippen molar-refractivity contribution < 1.29 is 0 Å². The first-order valence-corrected chi connectivity index (χ1v) is 8.40. The van der Waals surface area contributed by atoms with Gasteiger partial charge in [0.15, 0.2) is 0 Å². The van der Waals surface area contributed by atoms with Crippen LogP contribution < -0.4 is 5.32 Å². The van der Waals surface area contributed by atoms with E-state index in [1.54, 1.807) is 22.7 Å². The Bertz CT molecular complexity index is 578. The maximum Gasteiger partial charge on any atom is 0.0351 e. The minimum absolute atomic E-state index is 0.952. The zero-order valence-electron chi connectivity index (χ0n) is 9.76. The lowest BCUT2D eigenvalue weighted by atomic mass is 10.2. The van der Waals surface area contributed by atoms with E-state index in [0.717, 1.165) is 13.1 Å². The number of hydrogen-bond acceptors (Lipinski definition) is 4. The first-order valence-electron chi connectivity index (χ1n) is 5.76. The normalized spacial score (nSPS) is 10.9. The highest BCUT2D eigenvalue weighted by atomic mass is 32.1. The second kappa shape index (κ2) is 5.80. The van der Waals surface area contributed by atoms with Gasteiger partial charge in [0.25, 0.3) is 0 Å². The third-order valence-corrected chi connectivity index (χ3v) is 5.37. The van der Waals surface area contributed by atoms with Gasteiger partial charge in [0.2, 0.25) is 0 Å². The van der Waals surface area contributed by atoms with E-state index in [4.69, 9.17) is 0 Å². The monoisotopic (exact) mass is 291 g/mol. The van der Waals surface area contributed by atoms with E-state index < -0.39 is 0 Å². The lowest BCUT2D eigenvalue weighted by Gasteiger charge is -1.99. The highest BCUT2D eigenvalue weighted by Gasteiger charge is 2.03. The lowest BCUT2D eigenvalue weighted by molar-refractivity contribution is 0.709. The summed E-state index contributed by atoms with van der Waals surface area (Å²) < 4.78 is 0. The lowest BCUT2D eigenvalue weighted by Crippen LogP contribution is -2.10. The molecule has 0 atom stereocenters. The second-order valence-electron chi connectivity index (χ2n) is 3.96. The van der Waals surface area contributed by atoms with Crippen LogP contribution in [0.2, 0.25) is 0 Å². The van der Waals surface area contributed by atoms with E-state index >= 15 is 0 Å². The molecule has 1 nitrogen and oxygen atoms in total. The zero-order chi connectivity index (χ0) is 12.2. The molecule has 18 heavy (non-hydrogen) atoms. The molecule has 0 unspecified atom stereocenters. The SMILES string of the molecule is c1csc(CNCc2cc(-c3cccs3)cs2)c1. The van der Waals surface area contributed by atoms with Gasteiger partial charge in [-0.1, -0.05) is 12.1 Å². The number of rotatable bonds is 5. The first kappa shape index (κ1) is 12.1. The van der Waals surface area contributed by atoms with Crippen LogP contribution >= 0.6 is 34.0 Å². The van der Waals surface area contributed by atoms with Crippen LogP contribution in [-0.4, -0.2) is 0 Å². The molecule has 0 aliphatic heterocycles. The van der Waals surface area contributed by atoms with Crippen molar-refractivity contribution in [2.45, 2.75) is 13.1 Å². The van der Waals surface area contributed by atoms with Crippen molar-refractivity contribution in [3.63, 3.8) is 0 Å². The summed E-state index contributed by atoms with van der Waals surface area (Å²) in [6.07, 6.45) is 0. The Balaban J connectivity index is 1.57. The average molecular weight is 291 g/mol. The molecule has 3 aromatic rings. The third-order valence-electron chi connectivity index (χ3n) is 2.64. The Morgan fingerprint density at radius 3 is 2.50 bits per heavy atom. The van der Waals surface area contributed by atoms with Crippen molar-refractivity contribution in [1.82, 2.24) is 5.32 Å². The molecule has 4 heteroatoms. The van der Waals surface area contributed by atoms with Gasteiger partial charge in [0, 0.05) is 33.3 Å². The fourth-order valence-electron chi connectivity index (χ4n) is 1.77. The van der Waals surface area contributed by atoms with Gasteiger partial charge in [-0.25, -0.2) is 0 Å². The average Bonchev–Trinajstić information content (AvgIpc) is 3.12. The summed E-state index contributed by atoms with van der Waals surface area (Å²) in [6, 6.07) is 10.8. The van der Waals surface area contributed by atoms with Gasteiger partial charge in [-0.05, 0) is 34.3 Å². The Hall–Kier alpha value is -0.940. The van der Waals surface area contributed by atoms with Crippen LogP contribution in [-0.2, 0) is 13.1 Å². The van der Waals surface area contributed by atoms with Gasteiger partial charge < -0.3 is 5.32 Å². The Morgan fingerprint density at radius 2 is 1.72 bits per heavy atom. The standard InChI is InChI=1S/C14H13NS3/c1-3-12(16-5-1)8-15-9-13-7-11(10-18-13)14-4-2-6-17-14/h1-7,10,15H,8-9H2. The van der Waals surface area contributed by atoms with Crippen molar-refractivity contribution in [2.24, 2.45) is 0 Å². The maximum absolute atomic E-state index is 3.49. The molecule has 0 fully saturated rings. The van der Waals surface area contributed by atoms with Crippen molar-refractivity contribution in [3.05, 3.63) is 56.2 Å². The largest absolute Gasteiger partial charge is 0.307 e. The van der Waals surface area contributed by atoms with E-state index in [1.807, 2.05) is 11.3 Å². The van der Waals surface area contributed by atoms with Gasteiger partial charge in [-0.2, -0.15) is 0 Å². The molecule has 0 saturated heterocycles. The topological polar surface area (TPSA) is 12.0 Å². The van der Waals surface area contributed by atoms with Crippen LogP contribution in [0.1, 0.15) is 9.75 Å². The highest BCUT2D eigenvalue weighted by Crippen LogP contribution is 2.29. The van der Waals surface area contributed by atoms with Crippen molar-refractivity contribution in [3.8, 4) is 10.4 Å². The fraction of sp³-hybridized carbons (Fsp3) is 0.143. The van der Waals surface area contributed by atoms with Crippen LogP contribution in [0.25, 0.3) is 10.4 Å². The van der Waals surface area contributed by atoms with E-state index in [1.165, 1.54) is 20.2 Å². The third kappa shape index (κ3) is 2.90. The minimum Gasteiger partial charge on any atom is -0.307 e. The molecule has 0 aliphatic rings. The molecule has 0 bridgehead atoms. The predicted molar refractivity (Wildman–Crippen MR) is 82.5 cm³/mol. The summed E-state index contributed by atoms with van der Waals surface area (Å²) in [4.78, 5) is 4.15. The van der Waals surface area contributed by atoms with Gasteiger partial charge in [0.1, 0.15) is 0 Å². The molecule has 3 aromatic heterocycles. The molecule has 92 valence electrons. The summed E-state index contributed by atoms with van der Waals surface area (Å²) in [5, 5.41) is 9.98. The summed E-state index contributed by atoms with van der Waals surface area (Å²) in [5.74, 6) is 0. The molecule has 0 saturated carbocycles. The molecular formula is C14H13NS3. The number of hydrogen-bond donors (Lipinski definition) is 1. The van der Waals surface area contributed by atoms with E-state index in [9.17, 15) is 0 Å². The predicted octanol–water partition coefficient (Wildman–Crippen LogP) is 4.83. The Morgan fingerprint density at radius 1 is 0.889 bits per heavy atom. The zero-order valence-corrected chi connectivity index (χ0v) is 12.2. The van der Waals surface area contributed by atoms with Crippen LogP contribution in [0.4, 0.5) is 0 Å². The molecule has 0 aliphatic carbocycles. The molecule has 3 rings (SSSR count). The van der Waals surface area contributed by atoms with Gasteiger partial charge >= 0.3 is 0 Å². The smallest absolute Gasteiger partial charge is 0.0351 e. The highest BCUT2D eigenvalue weighted by molar-refractivity contribution is 7.14. The van der Waals surface area contributed by atoms with Crippen molar-refractivity contribution in [2.75, 3.05) is 0 Å². The minimum atomic E-state index is 0.952. The molecule has 0 radical (unpaired) electrons. The molecule has 1 N–H and O–H groups in total. The second-order valence-corrected chi connectivity index (χ2v) is 6.94. The van der Waals surface area contributed by atoms with Crippen LogP contribution in [0.15, 0.2) is 46.5 Å². The van der Waals surface area contributed by atoms with Gasteiger partial charge in [-0.15, -0.1) is 34.0 Å². The van der Waals surface area contributed by atoms with Crippen LogP contribution in [0, 0.1) is 0 Å². The number of thiophene rings is 3. The molecule has 3 heterocycles. The van der Waals surface area contributed by atoms with Crippen molar-refractivity contribution in [1.29, 1.82) is 0 Å². The molecule has 0 amide bonds. The molecule has 0 aromatic carbocycles. The number of nitrogens with one attached hydrogen (secondary N) is 1. The summed E-state index contributed by atoms with van der Waals surface area (Å²) in [6.45, 7) is 1.91. The fourth-order valence-corrected chi connectivity index (χ4v) is 4.09. The van der Waals surface area contributed by atoms with Crippen LogP contribution in [0.3, 0.4) is 0 Å². The summed E-state index contributed by atoms with van der Waals surface area (Å²) in [7, 11) is 0. The molecule has 0 spiro atoms. The van der Waals surface area contributed by atoms with E-state index in [-0.39, 0.29) is 0 Å². The van der Waals surface area contributed by atoms with Gasteiger partial charge in [-0.3, -0.25) is 0 Å². The van der Waals surface area contributed by atoms with E-state index in [2.05, 4.69) is 51.8 Å². The maximum atomic E-state index is 3.49. The summed E-state index contributed by atoms with van der Waals surface area (Å²) >= 11 is 5.44. The molecular weight excluding hydrogens is 278 g/mol.